The van der Waals surface area contributed by atoms with Crippen LogP contribution < -0.4 is 15.2 Å². The van der Waals surface area contributed by atoms with E-state index in [1.54, 1.807) is 43.5 Å². The molecule has 4 nitrogen and oxygen atoms in total. The largest absolute Gasteiger partial charge is 0.497 e. The molecule has 0 amide bonds. The summed E-state index contributed by atoms with van der Waals surface area (Å²) in [6.45, 7) is 3.82. The molecule has 116 valence electrons. The molecule has 4 heteroatoms. The van der Waals surface area contributed by atoms with Crippen molar-refractivity contribution in [2.24, 2.45) is 0 Å². The van der Waals surface area contributed by atoms with Crippen molar-refractivity contribution in [1.29, 1.82) is 0 Å². The third-order valence-electron chi connectivity index (χ3n) is 3.52. The molecule has 0 heterocycles. The Kier molecular flexibility index (Phi) is 5.04. The van der Waals surface area contributed by atoms with Crippen molar-refractivity contribution < 1.29 is 14.3 Å². The Hall–Kier alpha value is -2.49. The standard InChI is InChI=1S/C18H21NO3/c1-4-17(22-14-7-5-13(19)6-8-14)18(20)16-10-9-15(21-3)11-12(16)2/h5-11,17H,4,19H2,1-3H3. The lowest BCUT2D eigenvalue weighted by atomic mass is 9.99. The smallest absolute Gasteiger partial charge is 0.203 e. The number of carbonyl (C=O) groups excluding carboxylic acids is 1. The second-order valence-electron chi connectivity index (χ2n) is 5.13. The monoisotopic (exact) mass is 299 g/mol. The van der Waals surface area contributed by atoms with E-state index in [1.807, 2.05) is 19.9 Å². The van der Waals surface area contributed by atoms with Gasteiger partial charge in [-0.15, -0.1) is 0 Å². The number of ether oxygens (including phenoxy) is 2. The molecule has 0 fully saturated rings. The van der Waals surface area contributed by atoms with Crippen LogP contribution in [0.2, 0.25) is 0 Å². The number of Topliss-reactive ketones (excluding diaryl/α,β-unsaturated/α-hetero) is 1. The number of ketones is 1. The van der Waals surface area contributed by atoms with Crippen molar-refractivity contribution in [3.8, 4) is 11.5 Å². The molecule has 0 aliphatic rings. The lowest BCUT2D eigenvalue weighted by molar-refractivity contribution is 0.0786. The van der Waals surface area contributed by atoms with E-state index in [1.165, 1.54) is 0 Å². The number of nitrogen functional groups attached to an aromatic ring is 1. The van der Waals surface area contributed by atoms with E-state index >= 15 is 0 Å². The summed E-state index contributed by atoms with van der Waals surface area (Å²) in [5, 5.41) is 0. The van der Waals surface area contributed by atoms with Crippen LogP contribution in [0.4, 0.5) is 5.69 Å². The molecule has 1 unspecified atom stereocenters. The van der Waals surface area contributed by atoms with Crippen LogP contribution in [-0.4, -0.2) is 19.0 Å². The van der Waals surface area contributed by atoms with Gasteiger partial charge < -0.3 is 15.2 Å². The number of hydrogen-bond donors (Lipinski definition) is 1. The molecule has 2 aromatic carbocycles. The van der Waals surface area contributed by atoms with Gasteiger partial charge >= 0.3 is 0 Å². The van der Waals surface area contributed by atoms with Gasteiger partial charge in [0.1, 0.15) is 11.5 Å². The van der Waals surface area contributed by atoms with Gasteiger partial charge in [0.05, 0.1) is 7.11 Å². The van der Waals surface area contributed by atoms with Gasteiger partial charge in [0.25, 0.3) is 0 Å². The molecule has 2 rings (SSSR count). The molecule has 0 aliphatic heterocycles. The van der Waals surface area contributed by atoms with Gasteiger partial charge in [0.2, 0.25) is 5.78 Å². The normalized spacial score (nSPS) is 11.8. The van der Waals surface area contributed by atoms with Crippen molar-refractivity contribution in [1.82, 2.24) is 0 Å². The Morgan fingerprint density at radius 2 is 1.77 bits per heavy atom. The first kappa shape index (κ1) is 15.9. The fourth-order valence-electron chi connectivity index (χ4n) is 2.25. The van der Waals surface area contributed by atoms with Crippen molar-refractivity contribution in [2.45, 2.75) is 26.4 Å². The summed E-state index contributed by atoms with van der Waals surface area (Å²) in [7, 11) is 1.61. The van der Waals surface area contributed by atoms with E-state index in [2.05, 4.69) is 0 Å². The second kappa shape index (κ2) is 6.98. The molecule has 2 N–H and O–H groups in total. The number of nitrogens with two attached hydrogens (primary N) is 1. The van der Waals surface area contributed by atoms with Crippen molar-refractivity contribution in [2.75, 3.05) is 12.8 Å². The SMILES string of the molecule is CCC(Oc1ccc(N)cc1)C(=O)c1ccc(OC)cc1C. The zero-order chi connectivity index (χ0) is 16.1. The number of methoxy groups -OCH3 is 1. The van der Waals surface area contributed by atoms with Crippen molar-refractivity contribution in [3.63, 3.8) is 0 Å². The van der Waals surface area contributed by atoms with Crippen LogP contribution in [0.3, 0.4) is 0 Å². The van der Waals surface area contributed by atoms with Gasteiger partial charge in [0, 0.05) is 11.3 Å². The minimum absolute atomic E-state index is 0.0283. The Balaban J connectivity index is 2.19. The molecule has 22 heavy (non-hydrogen) atoms. The van der Waals surface area contributed by atoms with Gasteiger partial charge in [-0.2, -0.15) is 0 Å². The predicted octanol–water partition coefficient (Wildman–Crippen LogP) is 3.63. The van der Waals surface area contributed by atoms with E-state index in [-0.39, 0.29) is 5.78 Å². The molecule has 0 aromatic heterocycles. The summed E-state index contributed by atoms with van der Waals surface area (Å²) in [5.41, 5.74) is 7.85. The van der Waals surface area contributed by atoms with Gasteiger partial charge in [-0.1, -0.05) is 6.92 Å². The lowest BCUT2D eigenvalue weighted by Gasteiger charge is -2.18. The summed E-state index contributed by atoms with van der Waals surface area (Å²) in [4.78, 5) is 12.7. The van der Waals surface area contributed by atoms with E-state index in [0.717, 1.165) is 11.3 Å². The molecule has 2 aromatic rings. The Morgan fingerprint density at radius 3 is 2.32 bits per heavy atom. The minimum atomic E-state index is -0.518. The van der Waals surface area contributed by atoms with Crippen LogP contribution in [0.1, 0.15) is 29.3 Å². The first-order valence-electron chi connectivity index (χ1n) is 7.26. The Labute approximate surface area is 130 Å². The predicted molar refractivity (Wildman–Crippen MR) is 87.6 cm³/mol. The maximum Gasteiger partial charge on any atom is 0.203 e. The van der Waals surface area contributed by atoms with Crippen LogP contribution in [0.25, 0.3) is 0 Å². The Bertz CT molecular complexity index is 650. The highest BCUT2D eigenvalue weighted by molar-refractivity contribution is 6.01. The molecular formula is C18H21NO3. The van der Waals surface area contributed by atoms with Crippen LogP contribution in [0.15, 0.2) is 42.5 Å². The highest BCUT2D eigenvalue weighted by atomic mass is 16.5. The van der Waals surface area contributed by atoms with E-state index < -0.39 is 6.10 Å². The van der Waals surface area contributed by atoms with E-state index in [9.17, 15) is 4.79 Å². The molecule has 0 aliphatic carbocycles. The van der Waals surface area contributed by atoms with Gasteiger partial charge in [-0.3, -0.25) is 4.79 Å². The van der Waals surface area contributed by atoms with Crippen LogP contribution in [0, 0.1) is 6.92 Å². The highest BCUT2D eigenvalue weighted by Crippen LogP contribution is 2.22. The fraction of sp³-hybridized carbons (Fsp3) is 0.278. The van der Waals surface area contributed by atoms with Gasteiger partial charge in [-0.05, 0) is 61.4 Å². The first-order chi connectivity index (χ1) is 10.5. The van der Waals surface area contributed by atoms with Crippen molar-refractivity contribution >= 4 is 11.5 Å². The van der Waals surface area contributed by atoms with Gasteiger partial charge in [-0.25, -0.2) is 0 Å². The maximum atomic E-state index is 12.7. The number of rotatable bonds is 6. The number of carbonyl (C=O) groups is 1. The maximum absolute atomic E-state index is 12.7. The first-order valence-corrected chi connectivity index (χ1v) is 7.26. The second-order valence-corrected chi connectivity index (χ2v) is 5.13. The number of benzene rings is 2. The summed E-state index contributed by atoms with van der Waals surface area (Å²) in [5.74, 6) is 1.35. The van der Waals surface area contributed by atoms with Crippen molar-refractivity contribution in [3.05, 3.63) is 53.6 Å². The Morgan fingerprint density at radius 1 is 1.14 bits per heavy atom. The van der Waals surface area contributed by atoms with Crippen LogP contribution in [-0.2, 0) is 0 Å². The third kappa shape index (κ3) is 3.58. The quantitative estimate of drug-likeness (QED) is 0.653. The van der Waals surface area contributed by atoms with Crippen LogP contribution >= 0.6 is 0 Å². The third-order valence-corrected chi connectivity index (χ3v) is 3.52. The zero-order valence-corrected chi connectivity index (χ0v) is 13.1. The molecule has 0 spiro atoms. The fourth-order valence-corrected chi connectivity index (χ4v) is 2.25. The molecular weight excluding hydrogens is 278 g/mol. The minimum Gasteiger partial charge on any atom is -0.497 e. The summed E-state index contributed by atoms with van der Waals surface area (Å²) < 4.78 is 11.0. The highest BCUT2D eigenvalue weighted by Gasteiger charge is 2.22. The van der Waals surface area contributed by atoms with Gasteiger partial charge in [0.15, 0.2) is 6.10 Å². The summed E-state index contributed by atoms with van der Waals surface area (Å²) in [6.07, 6.45) is 0.0741. The molecule has 1 atom stereocenters. The topological polar surface area (TPSA) is 61.5 Å². The van der Waals surface area contributed by atoms with E-state index in [4.69, 9.17) is 15.2 Å². The number of anilines is 1. The number of hydrogen-bond acceptors (Lipinski definition) is 4. The zero-order valence-electron chi connectivity index (χ0n) is 13.1. The average Bonchev–Trinajstić information content (AvgIpc) is 2.53. The average molecular weight is 299 g/mol. The van der Waals surface area contributed by atoms with E-state index in [0.29, 0.717) is 23.4 Å². The molecule has 0 saturated heterocycles. The summed E-state index contributed by atoms with van der Waals surface area (Å²) >= 11 is 0. The molecule has 0 bridgehead atoms. The molecule has 0 radical (unpaired) electrons. The summed E-state index contributed by atoms with van der Waals surface area (Å²) in [6, 6.07) is 12.5. The molecule has 0 saturated carbocycles. The number of aryl methyl sites for hydroxylation is 1. The lowest BCUT2D eigenvalue weighted by Crippen LogP contribution is -2.27. The van der Waals surface area contributed by atoms with Crippen LogP contribution in [0.5, 0.6) is 11.5 Å².